The van der Waals surface area contributed by atoms with Crippen molar-refractivity contribution in [3.05, 3.63) is 125 Å². The summed E-state index contributed by atoms with van der Waals surface area (Å²) in [4.78, 5) is 3.18. The molecule has 3 aromatic carbocycles. The first kappa shape index (κ1) is 15.7. The largest absolute Gasteiger partial charge is 0.250 e. The van der Waals surface area contributed by atoms with E-state index in [0.717, 1.165) is 21.7 Å². The van der Waals surface area contributed by atoms with E-state index < -0.39 is 5.54 Å². The highest BCUT2D eigenvalue weighted by Gasteiger charge is 2.43. The number of halogens is 1. The molecule has 4 rings (SSSR count). The fourth-order valence-corrected chi connectivity index (χ4v) is 3.80. The van der Waals surface area contributed by atoms with Gasteiger partial charge in [-0.05, 0) is 6.07 Å². The van der Waals surface area contributed by atoms with Gasteiger partial charge in [-0.3, -0.25) is 4.98 Å². The quantitative estimate of drug-likeness (QED) is 0.405. The second-order valence-electron chi connectivity index (χ2n) is 5.94. The molecule has 0 aliphatic carbocycles. The fraction of sp³-hybridized carbons (Fsp3) is 0.0455. The highest BCUT2D eigenvalue weighted by Crippen LogP contribution is 2.39. The summed E-state index contributed by atoms with van der Waals surface area (Å²) in [6.45, 7) is 0. The number of benzene rings is 3. The number of H-pyrrole nitrogens is 1. The first-order valence-electron chi connectivity index (χ1n) is 8.24. The molecule has 4 aromatic rings. The van der Waals surface area contributed by atoms with Gasteiger partial charge >= 0.3 is 0 Å². The molecule has 1 N–H and O–H groups in total. The lowest BCUT2D eigenvalue weighted by molar-refractivity contribution is -0.733. The van der Waals surface area contributed by atoms with Gasteiger partial charge in [0.2, 0.25) is 6.33 Å². The first-order chi connectivity index (χ1) is 12.3. The summed E-state index contributed by atoms with van der Waals surface area (Å²) in [5.41, 5.74) is 2.79. The zero-order chi connectivity index (χ0) is 17.1. The van der Waals surface area contributed by atoms with E-state index in [-0.39, 0.29) is 0 Å². The molecule has 0 aliphatic heterocycles. The van der Waals surface area contributed by atoms with Crippen LogP contribution in [0.15, 0.2) is 104 Å². The highest BCUT2D eigenvalue weighted by molar-refractivity contribution is 6.31. The lowest BCUT2D eigenvalue weighted by Gasteiger charge is -2.33. The Morgan fingerprint density at radius 3 is 1.80 bits per heavy atom. The predicted molar refractivity (Wildman–Crippen MR) is 101 cm³/mol. The van der Waals surface area contributed by atoms with Crippen molar-refractivity contribution in [2.45, 2.75) is 5.54 Å². The number of rotatable bonds is 4. The molecule has 0 bridgehead atoms. The summed E-state index contributed by atoms with van der Waals surface area (Å²) in [6.07, 6.45) is 5.95. The van der Waals surface area contributed by atoms with Gasteiger partial charge in [0.05, 0.1) is 0 Å². The molecular formula is C22H18ClN2+. The normalized spacial score (nSPS) is 11.4. The van der Waals surface area contributed by atoms with Crippen LogP contribution in [0.5, 0.6) is 0 Å². The van der Waals surface area contributed by atoms with Gasteiger partial charge in [0.1, 0.15) is 12.4 Å². The molecule has 0 fully saturated rings. The number of hydrogen-bond acceptors (Lipinski definition) is 0. The molecule has 0 atom stereocenters. The summed E-state index contributed by atoms with van der Waals surface area (Å²) >= 11 is 6.70. The topological polar surface area (TPSA) is 19.7 Å². The summed E-state index contributed by atoms with van der Waals surface area (Å²) < 4.78 is 2.18. The third-order valence-electron chi connectivity index (χ3n) is 4.58. The Morgan fingerprint density at radius 1 is 0.720 bits per heavy atom. The van der Waals surface area contributed by atoms with Crippen LogP contribution in [0.2, 0.25) is 5.02 Å². The molecule has 0 unspecified atom stereocenters. The van der Waals surface area contributed by atoms with Gasteiger partial charge in [-0.15, -0.1) is 0 Å². The molecule has 1 heterocycles. The number of aromatic nitrogens is 2. The maximum atomic E-state index is 6.70. The van der Waals surface area contributed by atoms with Crippen molar-refractivity contribution in [2.75, 3.05) is 0 Å². The Balaban J connectivity index is 2.15. The van der Waals surface area contributed by atoms with Crippen LogP contribution >= 0.6 is 11.6 Å². The molecule has 2 nitrogen and oxygen atoms in total. The maximum absolute atomic E-state index is 6.70. The molecule has 0 saturated heterocycles. The van der Waals surface area contributed by atoms with Crippen LogP contribution in [0, 0.1) is 0 Å². The number of imidazole rings is 1. The number of aromatic amines is 1. The van der Waals surface area contributed by atoms with E-state index in [1.807, 2.05) is 49.1 Å². The molecule has 0 aliphatic rings. The SMILES string of the molecule is Clc1ccccc1C(c1ccccc1)(c1ccccc1)[n+]1cc[nH]c1. The standard InChI is InChI=1S/C22H17ClN2/c23-21-14-8-7-13-20(21)22(25-16-15-24-17-25,18-9-3-1-4-10-18)19-11-5-2-6-12-19/h1-17H/p+1. The summed E-state index contributed by atoms with van der Waals surface area (Å²) in [6, 6.07) is 29.0. The Labute approximate surface area is 152 Å². The Morgan fingerprint density at radius 2 is 1.28 bits per heavy atom. The molecule has 25 heavy (non-hydrogen) atoms. The second kappa shape index (κ2) is 6.58. The minimum atomic E-state index is -0.555. The molecule has 0 saturated carbocycles. The van der Waals surface area contributed by atoms with Crippen LogP contribution in [0.4, 0.5) is 0 Å². The van der Waals surface area contributed by atoms with E-state index in [0.29, 0.717) is 0 Å². The minimum Gasteiger partial charge on any atom is -0.250 e. The zero-order valence-electron chi connectivity index (χ0n) is 13.6. The van der Waals surface area contributed by atoms with Gasteiger partial charge in [-0.1, -0.05) is 90.5 Å². The lowest BCUT2D eigenvalue weighted by atomic mass is 9.76. The van der Waals surface area contributed by atoms with Crippen molar-refractivity contribution in [1.29, 1.82) is 0 Å². The van der Waals surface area contributed by atoms with Crippen LogP contribution < -0.4 is 4.57 Å². The van der Waals surface area contributed by atoms with Crippen molar-refractivity contribution in [2.24, 2.45) is 0 Å². The van der Waals surface area contributed by atoms with Crippen LogP contribution in [0.25, 0.3) is 0 Å². The van der Waals surface area contributed by atoms with Gasteiger partial charge in [-0.25, -0.2) is 4.57 Å². The Kier molecular flexibility index (Phi) is 4.12. The van der Waals surface area contributed by atoms with E-state index in [1.54, 1.807) is 0 Å². The Hall–Kier alpha value is -2.84. The van der Waals surface area contributed by atoms with Gasteiger partial charge in [0.15, 0.2) is 5.54 Å². The minimum absolute atomic E-state index is 0.555. The van der Waals surface area contributed by atoms with E-state index in [1.165, 1.54) is 0 Å². The average molecular weight is 346 g/mol. The lowest BCUT2D eigenvalue weighted by Crippen LogP contribution is -2.57. The molecule has 122 valence electrons. The number of nitrogens with zero attached hydrogens (tertiary/aromatic N) is 1. The maximum Gasteiger partial charge on any atom is 0.242 e. The van der Waals surface area contributed by atoms with Gasteiger partial charge in [0.25, 0.3) is 0 Å². The third kappa shape index (κ3) is 2.55. The van der Waals surface area contributed by atoms with Crippen molar-refractivity contribution in [3.8, 4) is 0 Å². The van der Waals surface area contributed by atoms with Crippen molar-refractivity contribution in [3.63, 3.8) is 0 Å². The smallest absolute Gasteiger partial charge is 0.242 e. The van der Waals surface area contributed by atoms with Gasteiger partial charge in [0, 0.05) is 21.7 Å². The third-order valence-corrected chi connectivity index (χ3v) is 4.91. The molecular weight excluding hydrogens is 328 g/mol. The molecule has 1 aromatic heterocycles. The Bertz CT molecular complexity index is 908. The highest BCUT2D eigenvalue weighted by atomic mass is 35.5. The zero-order valence-corrected chi connectivity index (χ0v) is 14.4. The number of nitrogens with one attached hydrogen (secondary N) is 1. The predicted octanol–water partition coefficient (Wildman–Crippen LogP) is 4.80. The summed E-state index contributed by atoms with van der Waals surface area (Å²) in [5, 5.41) is 0.740. The van der Waals surface area contributed by atoms with Crippen molar-refractivity contribution < 1.29 is 4.57 Å². The molecule has 3 heteroatoms. The molecule has 0 radical (unpaired) electrons. The second-order valence-corrected chi connectivity index (χ2v) is 6.35. The number of hydrogen-bond donors (Lipinski definition) is 1. The van der Waals surface area contributed by atoms with Crippen molar-refractivity contribution in [1.82, 2.24) is 4.98 Å². The van der Waals surface area contributed by atoms with Crippen LogP contribution in [-0.4, -0.2) is 4.98 Å². The fourth-order valence-electron chi connectivity index (χ4n) is 3.53. The summed E-state index contributed by atoms with van der Waals surface area (Å²) in [5.74, 6) is 0. The monoisotopic (exact) mass is 345 g/mol. The van der Waals surface area contributed by atoms with E-state index in [4.69, 9.17) is 11.6 Å². The first-order valence-corrected chi connectivity index (χ1v) is 8.62. The van der Waals surface area contributed by atoms with Crippen LogP contribution in [0.1, 0.15) is 16.7 Å². The summed E-state index contributed by atoms with van der Waals surface area (Å²) in [7, 11) is 0. The molecule has 0 amide bonds. The van der Waals surface area contributed by atoms with Crippen LogP contribution in [-0.2, 0) is 5.54 Å². The molecule has 0 spiro atoms. The van der Waals surface area contributed by atoms with E-state index in [2.05, 4.69) is 64.1 Å². The van der Waals surface area contributed by atoms with E-state index >= 15 is 0 Å². The average Bonchev–Trinajstić information content (AvgIpc) is 3.21. The van der Waals surface area contributed by atoms with Gasteiger partial charge in [-0.2, -0.15) is 0 Å². The van der Waals surface area contributed by atoms with Crippen LogP contribution in [0.3, 0.4) is 0 Å². The van der Waals surface area contributed by atoms with Crippen molar-refractivity contribution >= 4 is 11.6 Å². The van der Waals surface area contributed by atoms with E-state index in [9.17, 15) is 0 Å². The van der Waals surface area contributed by atoms with Gasteiger partial charge < -0.3 is 0 Å².